The van der Waals surface area contributed by atoms with Crippen molar-refractivity contribution in [3.05, 3.63) is 35.4 Å². The van der Waals surface area contributed by atoms with E-state index in [0.717, 1.165) is 4.90 Å². The lowest BCUT2D eigenvalue weighted by Crippen LogP contribution is -2.56. The molecule has 28 heavy (non-hydrogen) atoms. The van der Waals surface area contributed by atoms with Gasteiger partial charge in [-0.05, 0) is 39.8 Å². The Hall–Kier alpha value is -2.90. The first-order valence-electron chi connectivity index (χ1n) is 9.34. The summed E-state index contributed by atoms with van der Waals surface area (Å²) in [6, 6.07) is 5.66. The molecule has 4 amide bonds. The van der Waals surface area contributed by atoms with Crippen molar-refractivity contribution in [3.63, 3.8) is 0 Å². The fourth-order valence-corrected chi connectivity index (χ4v) is 3.37. The van der Waals surface area contributed by atoms with Gasteiger partial charge in [0.25, 0.3) is 11.8 Å². The van der Waals surface area contributed by atoms with E-state index in [2.05, 4.69) is 0 Å². The Bertz CT molecular complexity index is 786. The van der Waals surface area contributed by atoms with Gasteiger partial charge < -0.3 is 14.5 Å². The van der Waals surface area contributed by atoms with Gasteiger partial charge in [0.05, 0.1) is 11.1 Å². The highest BCUT2D eigenvalue weighted by Crippen LogP contribution is 2.25. The van der Waals surface area contributed by atoms with Crippen LogP contribution in [0.5, 0.6) is 0 Å². The van der Waals surface area contributed by atoms with Crippen molar-refractivity contribution in [2.75, 3.05) is 26.2 Å². The van der Waals surface area contributed by atoms with E-state index in [-0.39, 0.29) is 5.91 Å². The molecule has 8 nitrogen and oxygen atoms in total. The summed E-state index contributed by atoms with van der Waals surface area (Å²) in [5.74, 6) is -1.21. The Balaban J connectivity index is 1.62. The Morgan fingerprint density at radius 3 is 1.86 bits per heavy atom. The van der Waals surface area contributed by atoms with Crippen LogP contribution < -0.4 is 0 Å². The fraction of sp³-hybridized carbons (Fsp3) is 0.500. The molecule has 1 saturated heterocycles. The SMILES string of the molecule is CC(C(=O)N1CCN(C(=O)OC(C)(C)C)CC1)N1C(=O)c2ccccc2C1=O. The minimum atomic E-state index is -0.902. The highest BCUT2D eigenvalue weighted by atomic mass is 16.6. The minimum Gasteiger partial charge on any atom is -0.444 e. The maximum atomic E-state index is 12.9. The maximum absolute atomic E-state index is 12.9. The number of ether oxygens (including phenoxy) is 1. The van der Waals surface area contributed by atoms with Crippen molar-refractivity contribution in [2.24, 2.45) is 0 Å². The molecular weight excluding hydrogens is 362 g/mol. The molecule has 0 spiro atoms. The molecule has 2 aliphatic heterocycles. The van der Waals surface area contributed by atoms with Crippen molar-refractivity contribution < 1.29 is 23.9 Å². The summed E-state index contributed by atoms with van der Waals surface area (Å²) in [6.45, 7) is 8.30. The number of fused-ring (bicyclic) bond motifs is 1. The Morgan fingerprint density at radius 1 is 0.929 bits per heavy atom. The summed E-state index contributed by atoms with van der Waals surface area (Å²) in [5, 5.41) is 0. The minimum absolute atomic E-state index is 0.307. The molecule has 2 aliphatic rings. The molecule has 0 bridgehead atoms. The van der Waals surface area contributed by atoms with E-state index in [4.69, 9.17) is 4.74 Å². The molecule has 1 unspecified atom stereocenters. The first kappa shape index (κ1) is 19.9. The van der Waals surface area contributed by atoms with Gasteiger partial charge in [-0.2, -0.15) is 0 Å². The summed E-state index contributed by atoms with van der Waals surface area (Å²) in [4.78, 5) is 54.3. The molecule has 8 heteroatoms. The normalized spacial score (nSPS) is 18.2. The van der Waals surface area contributed by atoms with Crippen LogP contribution in [0.15, 0.2) is 24.3 Å². The van der Waals surface area contributed by atoms with E-state index >= 15 is 0 Å². The van der Waals surface area contributed by atoms with Crippen molar-refractivity contribution in [2.45, 2.75) is 39.3 Å². The predicted octanol–water partition coefficient (Wildman–Crippen LogP) is 1.75. The molecule has 1 atom stereocenters. The third-order valence-corrected chi connectivity index (χ3v) is 4.81. The standard InChI is InChI=1S/C20H25N3O5/c1-13(23-17(25)14-7-5-6-8-15(14)18(23)26)16(24)21-9-11-22(12-10-21)19(27)28-20(2,3)4/h5-8,13H,9-12H2,1-4H3. The van der Waals surface area contributed by atoms with Crippen LogP contribution in [0.4, 0.5) is 4.79 Å². The second-order valence-corrected chi connectivity index (χ2v) is 7.99. The van der Waals surface area contributed by atoms with Crippen LogP contribution in [0.2, 0.25) is 0 Å². The molecule has 1 fully saturated rings. The quantitative estimate of drug-likeness (QED) is 0.722. The molecule has 1 aromatic rings. The number of imide groups is 1. The highest BCUT2D eigenvalue weighted by molar-refractivity contribution is 6.22. The second-order valence-electron chi connectivity index (χ2n) is 7.99. The third kappa shape index (κ3) is 3.72. The van der Waals surface area contributed by atoms with E-state index < -0.39 is 29.6 Å². The number of benzene rings is 1. The highest BCUT2D eigenvalue weighted by Gasteiger charge is 2.42. The van der Waals surface area contributed by atoms with Crippen LogP contribution in [0, 0.1) is 0 Å². The van der Waals surface area contributed by atoms with Crippen LogP contribution in [0.25, 0.3) is 0 Å². The molecule has 3 rings (SSSR count). The number of amides is 4. The fourth-order valence-electron chi connectivity index (χ4n) is 3.37. The van der Waals surface area contributed by atoms with Crippen molar-refractivity contribution in [1.82, 2.24) is 14.7 Å². The lowest BCUT2D eigenvalue weighted by Gasteiger charge is -2.37. The van der Waals surface area contributed by atoms with E-state index in [0.29, 0.717) is 37.3 Å². The number of carbonyl (C=O) groups excluding carboxylic acids is 4. The smallest absolute Gasteiger partial charge is 0.410 e. The van der Waals surface area contributed by atoms with Crippen LogP contribution in [0.1, 0.15) is 48.4 Å². The lowest BCUT2D eigenvalue weighted by atomic mass is 10.1. The molecular formula is C20H25N3O5. The van der Waals surface area contributed by atoms with Crippen LogP contribution in [0.3, 0.4) is 0 Å². The first-order valence-corrected chi connectivity index (χ1v) is 9.34. The zero-order chi connectivity index (χ0) is 20.6. The number of nitrogens with zero attached hydrogens (tertiary/aromatic N) is 3. The second kappa shape index (κ2) is 7.26. The van der Waals surface area contributed by atoms with Gasteiger partial charge in [-0.1, -0.05) is 12.1 Å². The van der Waals surface area contributed by atoms with Gasteiger partial charge in [0.15, 0.2) is 0 Å². The molecule has 0 saturated carbocycles. The topological polar surface area (TPSA) is 87.2 Å². The van der Waals surface area contributed by atoms with E-state index in [9.17, 15) is 19.2 Å². The van der Waals surface area contributed by atoms with Gasteiger partial charge in [0, 0.05) is 26.2 Å². The van der Waals surface area contributed by atoms with Gasteiger partial charge in [0.2, 0.25) is 5.91 Å². The zero-order valence-electron chi connectivity index (χ0n) is 16.6. The van der Waals surface area contributed by atoms with Gasteiger partial charge >= 0.3 is 6.09 Å². The Kier molecular flexibility index (Phi) is 5.14. The number of hydrogen-bond donors (Lipinski definition) is 0. The molecule has 0 aromatic heterocycles. The molecule has 0 N–H and O–H groups in total. The number of piperazine rings is 1. The Labute approximate surface area is 164 Å². The monoisotopic (exact) mass is 387 g/mol. The summed E-state index contributed by atoms with van der Waals surface area (Å²) in [6.07, 6.45) is -0.409. The number of hydrogen-bond acceptors (Lipinski definition) is 5. The molecule has 1 aromatic carbocycles. The van der Waals surface area contributed by atoms with Gasteiger partial charge in [-0.3, -0.25) is 19.3 Å². The summed E-state index contributed by atoms with van der Waals surface area (Å²) in [5.41, 5.74) is 0.0631. The summed E-state index contributed by atoms with van der Waals surface area (Å²) >= 11 is 0. The maximum Gasteiger partial charge on any atom is 0.410 e. The lowest BCUT2D eigenvalue weighted by molar-refractivity contribution is -0.136. The van der Waals surface area contributed by atoms with Crippen molar-refractivity contribution in [3.8, 4) is 0 Å². The summed E-state index contributed by atoms with van der Waals surface area (Å²) < 4.78 is 5.35. The van der Waals surface area contributed by atoms with E-state index in [1.165, 1.54) is 0 Å². The van der Waals surface area contributed by atoms with Gasteiger partial charge in [-0.25, -0.2) is 4.79 Å². The van der Waals surface area contributed by atoms with Crippen molar-refractivity contribution in [1.29, 1.82) is 0 Å². The molecule has 0 aliphatic carbocycles. The van der Waals surface area contributed by atoms with Crippen LogP contribution in [-0.2, 0) is 9.53 Å². The molecule has 2 heterocycles. The zero-order valence-corrected chi connectivity index (χ0v) is 16.6. The van der Waals surface area contributed by atoms with Crippen LogP contribution >= 0.6 is 0 Å². The van der Waals surface area contributed by atoms with Gasteiger partial charge in [-0.15, -0.1) is 0 Å². The average Bonchev–Trinajstić information content (AvgIpc) is 2.90. The molecule has 0 radical (unpaired) electrons. The largest absolute Gasteiger partial charge is 0.444 e. The average molecular weight is 387 g/mol. The predicted molar refractivity (Wildman–Crippen MR) is 101 cm³/mol. The van der Waals surface area contributed by atoms with Crippen molar-refractivity contribution >= 4 is 23.8 Å². The third-order valence-electron chi connectivity index (χ3n) is 4.81. The molecule has 150 valence electrons. The number of rotatable bonds is 2. The van der Waals surface area contributed by atoms with E-state index in [1.54, 1.807) is 61.8 Å². The van der Waals surface area contributed by atoms with E-state index in [1.807, 2.05) is 0 Å². The Morgan fingerprint density at radius 2 is 1.39 bits per heavy atom. The number of carbonyl (C=O) groups is 4. The first-order chi connectivity index (χ1) is 13.1. The van der Waals surface area contributed by atoms with Gasteiger partial charge in [0.1, 0.15) is 11.6 Å². The van der Waals surface area contributed by atoms with Crippen LogP contribution in [-0.4, -0.2) is 76.3 Å². The summed E-state index contributed by atoms with van der Waals surface area (Å²) in [7, 11) is 0.